The summed E-state index contributed by atoms with van der Waals surface area (Å²) in [4.78, 5) is 12.5. The van der Waals surface area contributed by atoms with E-state index < -0.39 is 33.7 Å². The van der Waals surface area contributed by atoms with Crippen LogP contribution in [0, 0.1) is 11.6 Å². The van der Waals surface area contributed by atoms with Crippen molar-refractivity contribution in [2.45, 2.75) is 17.9 Å². The summed E-state index contributed by atoms with van der Waals surface area (Å²) in [5.41, 5.74) is 0.406. The van der Waals surface area contributed by atoms with E-state index in [-0.39, 0.29) is 28.3 Å². The predicted molar refractivity (Wildman–Crippen MR) is 119 cm³/mol. The van der Waals surface area contributed by atoms with Crippen molar-refractivity contribution in [1.29, 1.82) is 0 Å². The molecule has 0 heterocycles. The molecule has 3 aromatic carbocycles. The van der Waals surface area contributed by atoms with Gasteiger partial charge in [0.2, 0.25) is 0 Å². The molecule has 33 heavy (non-hydrogen) atoms. The Bertz CT molecular complexity index is 1230. The molecular formula is C23H22F2N2O5S. The molecule has 3 rings (SSSR count). The number of sulfonamides is 1. The van der Waals surface area contributed by atoms with E-state index in [4.69, 9.17) is 4.74 Å². The van der Waals surface area contributed by atoms with Gasteiger partial charge >= 0.3 is 0 Å². The summed E-state index contributed by atoms with van der Waals surface area (Å²) < 4.78 is 59.3. The minimum atomic E-state index is -3.90. The van der Waals surface area contributed by atoms with Gasteiger partial charge in [0.1, 0.15) is 5.75 Å². The van der Waals surface area contributed by atoms with Crippen molar-refractivity contribution in [3.8, 4) is 5.75 Å². The Morgan fingerprint density at radius 3 is 2.42 bits per heavy atom. The number of carbonyl (C=O) groups is 1. The molecule has 0 saturated carbocycles. The highest BCUT2D eigenvalue weighted by Crippen LogP contribution is 2.20. The van der Waals surface area contributed by atoms with Crippen molar-refractivity contribution in [1.82, 2.24) is 5.32 Å². The van der Waals surface area contributed by atoms with Gasteiger partial charge < -0.3 is 15.2 Å². The summed E-state index contributed by atoms with van der Waals surface area (Å²) in [6, 6.07) is 14.6. The maximum Gasteiger partial charge on any atom is 0.261 e. The maximum absolute atomic E-state index is 13.3. The van der Waals surface area contributed by atoms with Crippen LogP contribution in [0.4, 0.5) is 14.5 Å². The molecule has 0 spiro atoms. The van der Waals surface area contributed by atoms with E-state index in [0.717, 1.165) is 12.1 Å². The fraction of sp³-hybridized carbons (Fsp3) is 0.174. The topological polar surface area (TPSA) is 105 Å². The first-order valence-corrected chi connectivity index (χ1v) is 11.4. The molecule has 0 saturated heterocycles. The highest BCUT2D eigenvalue weighted by Gasteiger charge is 2.17. The van der Waals surface area contributed by atoms with Gasteiger partial charge in [0.05, 0.1) is 17.6 Å². The third-order valence-corrected chi connectivity index (χ3v) is 6.00. The van der Waals surface area contributed by atoms with Gasteiger partial charge in [0.25, 0.3) is 15.9 Å². The summed E-state index contributed by atoms with van der Waals surface area (Å²) >= 11 is 0. The molecule has 3 aromatic rings. The fourth-order valence-corrected chi connectivity index (χ4v) is 4.00. The second-order valence-corrected chi connectivity index (χ2v) is 8.67. The number of amides is 1. The molecule has 1 atom stereocenters. The van der Waals surface area contributed by atoms with E-state index in [0.29, 0.717) is 12.4 Å². The molecule has 0 fully saturated rings. The molecule has 3 N–H and O–H groups in total. The predicted octanol–water partition coefficient (Wildman–Crippen LogP) is 3.63. The molecule has 0 bridgehead atoms. The fourth-order valence-electron chi connectivity index (χ4n) is 2.95. The summed E-state index contributed by atoms with van der Waals surface area (Å²) in [7, 11) is -3.90. The van der Waals surface area contributed by atoms with Crippen LogP contribution in [0.25, 0.3) is 0 Å². The zero-order valence-corrected chi connectivity index (χ0v) is 18.4. The van der Waals surface area contributed by atoms with Crippen molar-refractivity contribution in [2.24, 2.45) is 0 Å². The number of aliphatic hydroxyl groups is 1. The molecule has 7 nitrogen and oxygen atoms in total. The van der Waals surface area contributed by atoms with Gasteiger partial charge in [0.15, 0.2) is 11.6 Å². The molecule has 174 valence electrons. The van der Waals surface area contributed by atoms with Gasteiger partial charge in [0, 0.05) is 17.8 Å². The van der Waals surface area contributed by atoms with Gasteiger partial charge in [-0.2, -0.15) is 0 Å². The van der Waals surface area contributed by atoms with Crippen molar-refractivity contribution >= 4 is 21.6 Å². The number of halogens is 2. The quantitative estimate of drug-likeness (QED) is 0.438. The first-order chi connectivity index (χ1) is 15.7. The van der Waals surface area contributed by atoms with Gasteiger partial charge in [-0.1, -0.05) is 12.1 Å². The first-order valence-electron chi connectivity index (χ1n) is 9.96. The summed E-state index contributed by atoms with van der Waals surface area (Å²) in [6.45, 7) is 2.02. The van der Waals surface area contributed by atoms with E-state index in [1.807, 2.05) is 6.92 Å². The minimum Gasteiger partial charge on any atom is -0.494 e. The molecule has 10 heteroatoms. The number of carbonyl (C=O) groups excluding carboxylic acids is 1. The van der Waals surface area contributed by atoms with Crippen molar-refractivity contribution in [3.63, 3.8) is 0 Å². The Morgan fingerprint density at radius 2 is 1.76 bits per heavy atom. The van der Waals surface area contributed by atoms with E-state index in [1.54, 1.807) is 12.1 Å². The highest BCUT2D eigenvalue weighted by atomic mass is 32.2. The minimum absolute atomic E-state index is 0.0236. The normalized spacial score (nSPS) is 12.1. The van der Waals surface area contributed by atoms with Crippen LogP contribution >= 0.6 is 0 Å². The number of hydrogen-bond acceptors (Lipinski definition) is 5. The Hall–Kier alpha value is -3.50. The third kappa shape index (κ3) is 6.27. The standard InChI is InChI=1S/C23H22F2N2O5S/c1-2-32-18-7-9-19(10-8-18)33(30,31)27-17-5-3-4-16(12-17)23(29)26-14-22(28)15-6-11-20(24)21(25)13-15/h3-13,22,27-28H,2,14H2,1H3,(H,26,29)/t22-/m1/s1. The molecule has 0 aromatic heterocycles. The van der Waals surface area contributed by atoms with E-state index >= 15 is 0 Å². The number of ether oxygens (including phenoxy) is 1. The molecular weight excluding hydrogens is 454 g/mol. The third-order valence-electron chi connectivity index (χ3n) is 4.61. The number of hydrogen-bond donors (Lipinski definition) is 3. The summed E-state index contributed by atoms with van der Waals surface area (Å²) in [6.07, 6.45) is -1.26. The molecule has 0 aliphatic heterocycles. The van der Waals surface area contributed by atoms with Gasteiger partial charge in [-0.15, -0.1) is 0 Å². The Morgan fingerprint density at radius 1 is 1.03 bits per heavy atom. The number of rotatable bonds is 9. The highest BCUT2D eigenvalue weighted by molar-refractivity contribution is 7.92. The molecule has 0 aliphatic rings. The lowest BCUT2D eigenvalue weighted by Gasteiger charge is -2.13. The number of anilines is 1. The number of benzene rings is 3. The van der Waals surface area contributed by atoms with E-state index in [9.17, 15) is 27.1 Å². The number of aliphatic hydroxyl groups excluding tert-OH is 1. The second kappa shape index (κ2) is 10.4. The van der Waals surface area contributed by atoms with E-state index in [2.05, 4.69) is 10.0 Å². The van der Waals surface area contributed by atoms with Crippen LogP contribution in [0.15, 0.2) is 71.6 Å². The monoisotopic (exact) mass is 476 g/mol. The first kappa shape index (κ1) is 24.1. The van der Waals surface area contributed by atoms with Crippen LogP contribution in [-0.4, -0.2) is 32.6 Å². The second-order valence-electron chi connectivity index (χ2n) is 6.99. The summed E-state index contributed by atoms with van der Waals surface area (Å²) in [5, 5.41) is 12.6. The van der Waals surface area contributed by atoms with Gasteiger partial charge in [-0.3, -0.25) is 9.52 Å². The van der Waals surface area contributed by atoms with Crippen LogP contribution in [0.1, 0.15) is 28.9 Å². The summed E-state index contributed by atoms with van der Waals surface area (Å²) in [5.74, 6) is -2.19. The van der Waals surface area contributed by atoms with Crippen LogP contribution in [0.2, 0.25) is 0 Å². The van der Waals surface area contributed by atoms with Crippen molar-refractivity contribution in [3.05, 3.63) is 89.5 Å². The van der Waals surface area contributed by atoms with Crippen LogP contribution in [0.3, 0.4) is 0 Å². The zero-order valence-electron chi connectivity index (χ0n) is 17.6. The molecule has 1 amide bonds. The van der Waals surface area contributed by atoms with Crippen LogP contribution in [0.5, 0.6) is 5.75 Å². The lowest BCUT2D eigenvalue weighted by molar-refractivity contribution is 0.0916. The lowest BCUT2D eigenvalue weighted by Crippen LogP contribution is -2.28. The van der Waals surface area contributed by atoms with Gasteiger partial charge in [-0.05, 0) is 67.1 Å². The van der Waals surface area contributed by atoms with Crippen molar-refractivity contribution in [2.75, 3.05) is 17.9 Å². The molecule has 0 radical (unpaired) electrons. The smallest absolute Gasteiger partial charge is 0.261 e. The van der Waals surface area contributed by atoms with Crippen LogP contribution < -0.4 is 14.8 Å². The van der Waals surface area contributed by atoms with Crippen molar-refractivity contribution < 1.29 is 31.8 Å². The van der Waals surface area contributed by atoms with Gasteiger partial charge in [-0.25, -0.2) is 17.2 Å². The average molecular weight is 477 g/mol. The van der Waals surface area contributed by atoms with Crippen LogP contribution in [-0.2, 0) is 10.0 Å². The zero-order chi connectivity index (χ0) is 24.0. The Labute approximate surface area is 190 Å². The molecule has 0 unspecified atom stereocenters. The lowest BCUT2D eigenvalue weighted by atomic mass is 10.1. The maximum atomic E-state index is 13.3. The Kier molecular flexibility index (Phi) is 7.62. The SMILES string of the molecule is CCOc1ccc(S(=O)(=O)Nc2cccc(C(=O)NC[C@@H](O)c3ccc(F)c(F)c3)c2)cc1. The number of nitrogens with one attached hydrogen (secondary N) is 2. The Balaban J connectivity index is 1.65. The molecule has 0 aliphatic carbocycles. The van der Waals surface area contributed by atoms with E-state index in [1.165, 1.54) is 42.5 Å². The average Bonchev–Trinajstić information content (AvgIpc) is 2.79. The largest absolute Gasteiger partial charge is 0.494 e.